The van der Waals surface area contributed by atoms with Crippen LogP contribution < -0.4 is 10.5 Å². The number of aromatic nitrogens is 1. The molecule has 3 nitrogen and oxygen atoms in total. The Balaban J connectivity index is 2.19. The van der Waals surface area contributed by atoms with E-state index in [-0.39, 0.29) is 23.1 Å². The van der Waals surface area contributed by atoms with Gasteiger partial charge >= 0.3 is 0 Å². The first-order valence-electron chi connectivity index (χ1n) is 5.35. The number of aryl methyl sites for hydroxylation is 1. The highest BCUT2D eigenvalue weighted by molar-refractivity contribution is 6.30. The summed E-state index contributed by atoms with van der Waals surface area (Å²) in [6, 6.07) is 6.35. The number of hydrogen-bond donors (Lipinski definition) is 1. The van der Waals surface area contributed by atoms with Gasteiger partial charge in [-0.15, -0.1) is 0 Å². The van der Waals surface area contributed by atoms with Gasteiger partial charge in [0.25, 0.3) is 0 Å². The lowest BCUT2D eigenvalue weighted by Crippen LogP contribution is -2.04. The molecule has 2 aromatic rings. The zero-order valence-corrected chi connectivity index (χ0v) is 10.5. The lowest BCUT2D eigenvalue weighted by Gasteiger charge is -2.11. The van der Waals surface area contributed by atoms with Crippen LogP contribution in [0.3, 0.4) is 0 Å². The summed E-state index contributed by atoms with van der Waals surface area (Å²) in [5, 5.41) is 0.242. The quantitative estimate of drug-likeness (QED) is 0.867. The zero-order valence-electron chi connectivity index (χ0n) is 9.78. The molecule has 0 saturated heterocycles. The topological polar surface area (TPSA) is 48.1 Å². The molecular formula is C13H12ClFN2O. The van der Waals surface area contributed by atoms with Gasteiger partial charge in [0.2, 0.25) is 0 Å². The van der Waals surface area contributed by atoms with Crippen LogP contribution in [0.4, 0.5) is 10.1 Å². The van der Waals surface area contributed by atoms with E-state index in [9.17, 15) is 4.39 Å². The van der Waals surface area contributed by atoms with Crippen molar-refractivity contribution in [2.24, 2.45) is 0 Å². The summed E-state index contributed by atoms with van der Waals surface area (Å²) in [6.45, 7) is 2.07. The molecule has 0 unspecified atom stereocenters. The molecule has 0 aliphatic carbocycles. The molecule has 0 fully saturated rings. The Morgan fingerprint density at radius 2 is 2.22 bits per heavy atom. The number of halogens is 2. The molecule has 0 bridgehead atoms. The van der Waals surface area contributed by atoms with Crippen molar-refractivity contribution in [3.63, 3.8) is 0 Å². The molecule has 0 aliphatic rings. The van der Waals surface area contributed by atoms with Crippen molar-refractivity contribution in [3.05, 3.63) is 52.6 Å². The maximum atomic E-state index is 13.6. The second-order valence-electron chi connectivity index (χ2n) is 3.86. The lowest BCUT2D eigenvalue weighted by atomic mass is 10.2. The molecule has 18 heavy (non-hydrogen) atoms. The van der Waals surface area contributed by atoms with Gasteiger partial charge < -0.3 is 10.5 Å². The molecule has 94 valence electrons. The second-order valence-corrected chi connectivity index (χ2v) is 4.30. The molecule has 2 N–H and O–H groups in total. The second kappa shape index (κ2) is 5.23. The van der Waals surface area contributed by atoms with Crippen LogP contribution in [-0.2, 0) is 6.61 Å². The number of pyridine rings is 1. The monoisotopic (exact) mass is 266 g/mol. The highest BCUT2D eigenvalue weighted by Gasteiger charge is 2.10. The Bertz CT molecular complexity index is 552. The van der Waals surface area contributed by atoms with Crippen LogP contribution in [0.1, 0.15) is 11.3 Å². The molecule has 1 heterocycles. The Hall–Kier alpha value is -1.81. The highest BCUT2D eigenvalue weighted by atomic mass is 35.5. The SMILES string of the molecule is Cc1cccnc1COc1c(N)cc(Cl)cc1F. The van der Waals surface area contributed by atoms with Gasteiger partial charge in [0, 0.05) is 11.2 Å². The number of ether oxygens (including phenoxy) is 1. The van der Waals surface area contributed by atoms with Gasteiger partial charge in [0.05, 0.1) is 11.4 Å². The number of nitrogens with zero attached hydrogens (tertiary/aromatic N) is 1. The van der Waals surface area contributed by atoms with Crippen LogP contribution in [0.5, 0.6) is 5.75 Å². The smallest absolute Gasteiger partial charge is 0.178 e. The third-order valence-corrected chi connectivity index (χ3v) is 2.73. The third kappa shape index (κ3) is 2.71. The van der Waals surface area contributed by atoms with Gasteiger partial charge in [0.15, 0.2) is 11.6 Å². The largest absolute Gasteiger partial charge is 0.482 e. The number of anilines is 1. The Morgan fingerprint density at radius 3 is 2.89 bits per heavy atom. The van der Waals surface area contributed by atoms with E-state index in [4.69, 9.17) is 22.1 Å². The molecule has 1 aromatic carbocycles. The number of rotatable bonds is 3. The van der Waals surface area contributed by atoms with Crippen molar-refractivity contribution >= 4 is 17.3 Å². The van der Waals surface area contributed by atoms with Crippen LogP contribution in [0.15, 0.2) is 30.5 Å². The molecule has 0 aliphatic heterocycles. The molecule has 1 aromatic heterocycles. The number of nitrogen functional groups attached to an aromatic ring is 1. The molecule has 0 atom stereocenters. The van der Waals surface area contributed by atoms with Crippen molar-refractivity contribution < 1.29 is 9.13 Å². The standard InChI is InChI=1S/C13H12ClFN2O/c1-8-3-2-4-17-12(8)7-18-13-10(15)5-9(14)6-11(13)16/h2-6H,7,16H2,1H3. The maximum Gasteiger partial charge on any atom is 0.178 e. The van der Waals surface area contributed by atoms with Gasteiger partial charge in [-0.05, 0) is 30.7 Å². The van der Waals surface area contributed by atoms with Gasteiger partial charge in [-0.3, -0.25) is 4.98 Å². The first kappa shape index (κ1) is 12.6. The predicted octanol–water partition coefficient (Wildman–Crippen LogP) is 3.34. The molecule has 0 amide bonds. The first-order chi connectivity index (χ1) is 8.58. The van der Waals surface area contributed by atoms with E-state index in [1.807, 2.05) is 19.1 Å². The fourth-order valence-corrected chi connectivity index (χ4v) is 1.76. The minimum atomic E-state index is -0.575. The van der Waals surface area contributed by atoms with Crippen molar-refractivity contribution in [1.82, 2.24) is 4.98 Å². The number of nitrogens with two attached hydrogens (primary N) is 1. The van der Waals surface area contributed by atoms with Gasteiger partial charge in [-0.1, -0.05) is 17.7 Å². The van der Waals surface area contributed by atoms with E-state index >= 15 is 0 Å². The van der Waals surface area contributed by atoms with Crippen molar-refractivity contribution in [2.75, 3.05) is 5.73 Å². The fourth-order valence-electron chi connectivity index (χ4n) is 1.54. The van der Waals surface area contributed by atoms with E-state index < -0.39 is 5.82 Å². The van der Waals surface area contributed by atoms with Gasteiger partial charge in [-0.2, -0.15) is 0 Å². The van der Waals surface area contributed by atoms with Crippen LogP contribution >= 0.6 is 11.6 Å². The average Bonchev–Trinajstić information content (AvgIpc) is 2.30. The molecule has 2 rings (SSSR count). The van der Waals surface area contributed by atoms with Gasteiger partial charge in [0.1, 0.15) is 6.61 Å². The van der Waals surface area contributed by atoms with Gasteiger partial charge in [-0.25, -0.2) is 4.39 Å². The molecule has 5 heteroatoms. The van der Waals surface area contributed by atoms with Crippen LogP contribution in [0.2, 0.25) is 5.02 Å². The summed E-state index contributed by atoms with van der Waals surface area (Å²) >= 11 is 5.68. The minimum Gasteiger partial charge on any atom is -0.482 e. The Morgan fingerprint density at radius 1 is 1.44 bits per heavy atom. The van der Waals surface area contributed by atoms with E-state index in [2.05, 4.69) is 4.98 Å². The maximum absolute atomic E-state index is 13.6. The zero-order chi connectivity index (χ0) is 13.1. The van der Waals surface area contributed by atoms with Crippen LogP contribution in [0, 0.1) is 12.7 Å². The highest BCUT2D eigenvalue weighted by Crippen LogP contribution is 2.29. The average molecular weight is 267 g/mol. The van der Waals surface area contributed by atoms with Crippen LogP contribution in [-0.4, -0.2) is 4.98 Å². The Labute approximate surface area is 109 Å². The Kier molecular flexibility index (Phi) is 3.67. The summed E-state index contributed by atoms with van der Waals surface area (Å²) in [5.74, 6) is -0.571. The summed E-state index contributed by atoms with van der Waals surface area (Å²) < 4.78 is 19.0. The third-order valence-electron chi connectivity index (χ3n) is 2.51. The number of hydrogen-bond acceptors (Lipinski definition) is 3. The van der Waals surface area contributed by atoms with Crippen molar-refractivity contribution in [1.29, 1.82) is 0 Å². The molecule has 0 radical (unpaired) electrons. The minimum absolute atomic E-state index is 0.00412. The molecule has 0 spiro atoms. The summed E-state index contributed by atoms with van der Waals surface area (Å²) in [5.41, 5.74) is 7.55. The summed E-state index contributed by atoms with van der Waals surface area (Å²) in [4.78, 5) is 4.16. The molecular weight excluding hydrogens is 255 g/mol. The van der Waals surface area contributed by atoms with E-state index in [1.165, 1.54) is 12.1 Å². The normalized spacial score (nSPS) is 10.4. The fraction of sp³-hybridized carbons (Fsp3) is 0.154. The van der Waals surface area contributed by atoms with E-state index in [1.54, 1.807) is 6.20 Å². The summed E-state index contributed by atoms with van der Waals surface area (Å²) in [7, 11) is 0. The molecule has 0 saturated carbocycles. The van der Waals surface area contributed by atoms with Crippen molar-refractivity contribution in [2.45, 2.75) is 13.5 Å². The van der Waals surface area contributed by atoms with Crippen LogP contribution in [0.25, 0.3) is 0 Å². The van der Waals surface area contributed by atoms with Crippen molar-refractivity contribution in [3.8, 4) is 5.75 Å². The van der Waals surface area contributed by atoms with E-state index in [0.29, 0.717) is 0 Å². The predicted molar refractivity (Wildman–Crippen MR) is 69.1 cm³/mol. The lowest BCUT2D eigenvalue weighted by molar-refractivity contribution is 0.287. The first-order valence-corrected chi connectivity index (χ1v) is 5.73. The summed E-state index contributed by atoms with van der Waals surface area (Å²) in [6.07, 6.45) is 1.66. The number of benzene rings is 1. The van der Waals surface area contributed by atoms with E-state index in [0.717, 1.165) is 11.3 Å².